The van der Waals surface area contributed by atoms with E-state index in [1.54, 1.807) is 7.11 Å². The Bertz CT molecular complexity index is 401. The number of aliphatic hydroxyl groups is 1. The highest BCUT2D eigenvalue weighted by Crippen LogP contribution is 2.30. The molecular weight excluding hydrogens is 232 g/mol. The maximum atomic E-state index is 11.1. The highest BCUT2D eigenvalue weighted by Gasteiger charge is 2.17. The number of rotatable bonds is 6. The molecule has 0 aliphatic heterocycles. The summed E-state index contributed by atoms with van der Waals surface area (Å²) in [6, 6.07) is 5.83. The molecule has 0 unspecified atom stereocenters. The minimum absolute atomic E-state index is 0.0174. The molecule has 0 aliphatic rings. The van der Waals surface area contributed by atoms with Crippen molar-refractivity contribution in [3.63, 3.8) is 0 Å². The van der Waals surface area contributed by atoms with Crippen LogP contribution in [-0.2, 0) is 9.53 Å². The Morgan fingerprint density at radius 1 is 1.39 bits per heavy atom. The molecule has 100 valence electrons. The Labute approximate surface area is 108 Å². The smallest absolute Gasteiger partial charge is 0.305 e. The fraction of sp³-hybridized carbons (Fsp3) is 0.500. The number of carbonyl (C=O) groups is 1. The van der Waals surface area contributed by atoms with Gasteiger partial charge in [-0.2, -0.15) is 0 Å². The Hall–Kier alpha value is -1.55. The molecule has 4 heteroatoms. The summed E-state index contributed by atoms with van der Waals surface area (Å²) >= 11 is 0. The van der Waals surface area contributed by atoms with Crippen molar-refractivity contribution < 1.29 is 19.4 Å². The van der Waals surface area contributed by atoms with Gasteiger partial charge in [0.1, 0.15) is 5.75 Å². The molecule has 1 rings (SSSR count). The monoisotopic (exact) mass is 252 g/mol. The lowest BCUT2D eigenvalue weighted by molar-refractivity contribution is -0.140. The summed E-state index contributed by atoms with van der Waals surface area (Å²) in [6.07, 6.45) is 0.835. The molecule has 1 aromatic carbocycles. The molecule has 0 aliphatic carbocycles. The van der Waals surface area contributed by atoms with Crippen LogP contribution in [0.1, 0.15) is 29.9 Å². The van der Waals surface area contributed by atoms with Gasteiger partial charge in [0, 0.05) is 12.3 Å². The molecule has 0 heterocycles. The van der Waals surface area contributed by atoms with Crippen LogP contribution >= 0.6 is 0 Å². The van der Waals surface area contributed by atoms with Crippen molar-refractivity contribution in [3.8, 4) is 5.75 Å². The summed E-state index contributed by atoms with van der Waals surface area (Å²) in [5, 5.41) is 9.45. The third kappa shape index (κ3) is 3.74. The van der Waals surface area contributed by atoms with E-state index in [4.69, 9.17) is 4.74 Å². The molecule has 0 amide bonds. The van der Waals surface area contributed by atoms with Crippen molar-refractivity contribution in [2.24, 2.45) is 0 Å². The van der Waals surface area contributed by atoms with Gasteiger partial charge in [-0.3, -0.25) is 4.79 Å². The topological polar surface area (TPSA) is 55.8 Å². The molecule has 0 saturated heterocycles. The Morgan fingerprint density at radius 3 is 2.67 bits per heavy atom. The maximum absolute atomic E-state index is 11.1. The second-order valence-electron chi connectivity index (χ2n) is 4.24. The number of ether oxygens (including phenoxy) is 2. The number of benzene rings is 1. The first kappa shape index (κ1) is 14.5. The molecule has 0 aromatic heterocycles. The molecule has 1 atom stereocenters. The lowest BCUT2D eigenvalue weighted by Gasteiger charge is -2.17. The van der Waals surface area contributed by atoms with Crippen LogP contribution in [0.2, 0.25) is 0 Å². The quantitative estimate of drug-likeness (QED) is 0.787. The molecule has 0 spiro atoms. The predicted molar refractivity (Wildman–Crippen MR) is 68.8 cm³/mol. The minimum Gasteiger partial charge on any atom is -0.496 e. The van der Waals surface area contributed by atoms with Crippen LogP contribution in [0.5, 0.6) is 5.75 Å². The van der Waals surface area contributed by atoms with Crippen molar-refractivity contribution in [1.82, 2.24) is 0 Å². The lowest BCUT2D eigenvalue weighted by atomic mass is 9.93. The van der Waals surface area contributed by atoms with Gasteiger partial charge in [0.05, 0.1) is 20.8 Å². The van der Waals surface area contributed by atoms with Crippen LogP contribution < -0.4 is 4.74 Å². The zero-order chi connectivity index (χ0) is 13.5. The summed E-state index contributed by atoms with van der Waals surface area (Å²) in [5.41, 5.74) is 2.02. The molecule has 1 aromatic rings. The van der Waals surface area contributed by atoms with Crippen LogP contribution in [0, 0.1) is 6.92 Å². The fourth-order valence-corrected chi connectivity index (χ4v) is 1.89. The van der Waals surface area contributed by atoms with Crippen LogP contribution in [-0.4, -0.2) is 31.9 Å². The van der Waals surface area contributed by atoms with E-state index in [0.29, 0.717) is 12.8 Å². The second kappa shape index (κ2) is 7.01. The molecule has 0 saturated carbocycles. The molecule has 0 bridgehead atoms. The van der Waals surface area contributed by atoms with E-state index >= 15 is 0 Å². The highest BCUT2D eigenvalue weighted by molar-refractivity contribution is 5.69. The van der Waals surface area contributed by atoms with Crippen molar-refractivity contribution >= 4 is 5.97 Å². The van der Waals surface area contributed by atoms with E-state index < -0.39 is 0 Å². The number of carbonyl (C=O) groups excluding carboxylic acids is 1. The predicted octanol–water partition coefficient (Wildman–Crippen LogP) is 2.03. The Balaban J connectivity index is 2.84. The third-order valence-electron chi connectivity index (χ3n) is 2.97. The Kier molecular flexibility index (Phi) is 5.65. The van der Waals surface area contributed by atoms with E-state index in [9.17, 15) is 9.90 Å². The van der Waals surface area contributed by atoms with Gasteiger partial charge in [0.2, 0.25) is 0 Å². The second-order valence-corrected chi connectivity index (χ2v) is 4.24. The van der Waals surface area contributed by atoms with Gasteiger partial charge in [-0.1, -0.05) is 12.1 Å². The number of aliphatic hydroxyl groups excluding tert-OH is 1. The minimum atomic E-state index is -0.264. The number of hydrogen-bond donors (Lipinski definition) is 1. The molecule has 0 fully saturated rings. The molecule has 1 N–H and O–H groups in total. The van der Waals surface area contributed by atoms with Crippen LogP contribution in [0.4, 0.5) is 0 Å². The van der Waals surface area contributed by atoms with Crippen LogP contribution in [0.25, 0.3) is 0 Å². The third-order valence-corrected chi connectivity index (χ3v) is 2.97. The maximum Gasteiger partial charge on any atom is 0.305 e. The summed E-state index contributed by atoms with van der Waals surface area (Å²) in [5.74, 6) is 0.373. The number of hydrogen-bond acceptors (Lipinski definition) is 4. The molecular formula is C14H20O4. The molecule has 0 radical (unpaired) electrons. The largest absolute Gasteiger partial charge is 0.496 e. The van der Waals surface area contributed by atoms with Gasteiger partial charge in [0.25, 0.3) is 0 Å². The van der Waals surface area contributed by atoms with E-state index in [1.807, 2.05) is 25.1 Å². The number of esters is 1. The Morgan fingerprint density at radius 2 is 2.11 bits per heavy atom. The molecule has 4 nitrogen and oxygen atoms in total. The summed E-state index contributed by atoms with van der Waals surface area (Å²) in [4.78, 5) is 11.1. The lowest BCUT2D eigenvalue weighted by Crippen LogP contribution is -2.10. The van der Waals surface area contributed by atoms with Gasteiger partial charge >= 0.3 is 5.97 Å². The summed E-state index contributed by atoms with van der Waals surface area (Å²) in [7, 11) is 2.97. The zero-order valence-electron chi connectivity index (χ0n) is 11.1. The normalized spacial score (nSPS) is 12.0. The van der Waals surface area contributed by atoms with Crippen LogP contribution in [0.3, 0.4) is 0 Å². The fourth-order valence-electron chi connectivity index (χ4n) is 1.89. The standard InChI is InChI=1S/C14H20O4/c1-10-4-6-12(13(8-10)17-2)11(9-15)5-7-14(16)18-3/h4,6,8,11,15H,5,7,9H2,1-3H3/t11-/m1/s1. The van der Waals surface area contributed by atoms with Gasteiger partial charge in [-0.05, 0) is 30.5 Å². The van der Waals surface area contributed by atoms with Gasteiger partial charge in [0.15, 0.2) is 0 Å². The van der Waals surface area contributed by atoms with Gasteiger partial charge in [-0.25, -0.2) is 0 Å². The van der Waals surface area contributed by atoms with Crippen LogP contribution in [0.15, 0.2) is 18.2 Å². The van der Waals surface area contributed by atoms with Crippen molar-refractivity contribution in [2.75, 3.05) is 20.8 Å². The SMILES string of the molecule is COC(=O)CC[C@H](CO)c1ccc(C)cc1OC. The molecule has 18 heavy (non-hydrogen) atoms. The van der Waals surface area contributed by atoms with Crippen molar-refractivity contribution in [2.45, 2.75) is 25.7 Å². The number of methoxy groups -OCH3 is 2. The highest BCUT2D eigenvalue weighted by atomic mass is 16.5. The van der Waals surface area contributed by atoms with E-state index in [2.05, 4.69) is 4.74 Å². The first-order valence-electron chi connectivity index (χ1n) is 5.94. The van der Waals surface area contributed by atoms with E-state index in [-0.39, 0.29) is 18.5 Å². The van der Waals surface area contributed by atoms with Crippen molar-refractivity contribution in [1.29, 1.82) is 0 Å². The first-order valence-corrected chi connectivity index (χ1v) is 5.94. The number of aryl methyl sites for hydroxylation is 1. The summed E-state index contributed by atoms with van der Waals surface area (Å²) in [6.45, 7) is 1.96. The van der Waals surface area contributed by atoms with Crippen molar-refractivity contribution in [3.05, 3.63) is 29.3 Å². The average Bonchev–Trinajstić information content (AvgIpc) is 2.40. The van der Waals surface area contributed by atoms with E-state index in [1.165, 1.54) is 7.11 Å². The van der Waals surface area contributed by atoms with Gasteiger partial charge in [-0.15, -0.1) is 0 Å². The van der Waals surface area contributed by atoms with Gasteiger partial charge < -0.3 is 14.6 Å². The summed E-state index contributed by atoms with van der Waals surface area (Å²) < 4.78 is 9.92. The zero-order valence-corrected chi connectivity index (χ0v) is 11.1. The first-order chi connectivity index (χ1) is 8.62. The van der Waals surface area contributed by atoms with E-state index in [0.717, 1.165) is 16.9 Å². The average molecular weight is 252 g/mol.